The molecule has 188 valence electrons. The van der Waals surface area contributed by atoms with Gasteiger partial charge in [0, 0.05) is 39.8 Å². The molecule has 0 amide bonds. The number of hydrogen-bond donors (Lipinski definition) is 2. The molecule has 1 fully saturated rings. The van der Waals surface area contributed by atoms with Crippen LogP contribution >= 0.6 is 0 Å². The van der Waals surface area contributed by atoms with Crippen molar-refractivity contribution in [3.8, 4) is 11.8 Å². The molecule has 0 radical (unpaired) electrons. The molecule has 0 unspecified atom stereocenters. The van der Waals surface area contributed by atoms with Gasteiger partial charge in [-0.05, 0) is 13.8 Å². The lowest BCUT2D eigenvalue weighted by molar-refractivity contribution is -0.192. The van der Waals surface area contributed by atoms with Crippen LogP contribution in [0.1, 0.15) is 13.8 Å². The number of carboxylic acid groups (broad SMARTS) is 1. The Bertz CT molecular complexity index is 1180. The van der Waals surface area contributed by atoms with E-state index >= 15 is 0 Å². The summed E-state index contributed by atoms with van der Waals surface area (Å²) < 4.78 is 41.6. The summed E-state index contributed by atoms with van der Waals surface area (Å²) in [4.78, 5) is 41.3. The zero-order valence-corrected chi connectivity index (χ0v) is 19.1. The number of fused-ring (bicyclic) bond motifs is 1. The van der Waals surface area contributed by atoms with Crippen molar-refractivity contribution in [3.05, 3.63) is 20.8 Å². The summed E-state index contributed by atoms with van der Waals surface area (Å²) in [5.74, 6) is 3.83. The number of anilines is 1. The number of carbonyl (C=O) groups is 1. The Morgan fingerprint density at radius 3 is 2.38 bits per heavy atom. The third-order valence-electron chi connectivity index (χ3n) is 4.93. The summed E-state index contributed by atoms with van der Waals surface area (Å²) in [6, 6.07) is 0. The van der Waals surface area contributed by atoms with E-state index in [9.17, 15) is 22.8 Å². The van der Waals surface area contributed by atoms with Gasteiger partial charge in [-0.15, -0.1) is 5.92 Å². The number of nitrogens with one attached hydrogen (secondary N) is 1. The quantitative estimate of drug-likeness (QED) is 0.430. The van der Waals surface area contributed by atoms with Gasteiger partial charge in [-0.1, -0.05) is 5.92 Å². The number of piperazine rings is 1. The van der Waals surface area contributed by atoms with E-state index in [2.05, 4.69) is 22.1 Å². The van der Waals surface area contributed by atoms with Crippen molar-refractivity contribution >= 4 is 23.1 Å². The van der Waals surface area contributed by atoms with E-state index in [0.29, 0.717) is 43.4 Å². The van der Waals surface area contributed by atoms with Crippen LogP contribution in [0.15, 0.2) is 9.59 Å². The summed E-state index contributed by atoms with van der Waals surface area (Å²) in [5, 5.41) is 10.4. The minimum absolute atomic E-state index is 0.342. The molecule has 34 heavy (non-hydrogen) atoms. The zero-order valence-electron chi connectivity index (χ0n) is 19.1. The Balaban J connectivity index is 0.000000509. The Morgan fingerprint density at radius 1 is 1.24 bits per heavy atom. The van der Waals surface area contributed by atoms with Gasteiger partial charge in [-0.25, -0.2) is 9.59 Å². The van der Waals surface area contributed by atoms with Gasteiger partial charge in [-0.2, -0.15) is 18.2 Å². The normalized spacial score (nSPS) is 13.8. The van der Waals surface area contributed by atoms with Crippen LogP contribution < -0.4 is 21.5 Å². The highest BCUT2D eigenvalue weighted by molar-refractivity contribution is 5.75. The van der Waals surface area contributed by atoms with Crippen molar-refractivity contribution in [1.82, 2.24) is 24.0 Å². The number of alkyl halides is 3. The van der Waals surface area contributed by atoms with Crippen LogP contribution in [0.5, 0.6) is 0 Å². The number of halogens is 3. The van der Waals surface area contributed by atoms with Gasteiger partial charge >= 0.3 is 17.8 Å². The van der Waals surface area contributed by atoms with E-state index in [1.165, 1.54) is 11.6 Å². The van der Waals surface area contributed by atoms with E-state index in [1.54, 1.807) is 6.92 Å². The van der Waals surface area contributed by atoms with Crippen molar-refractivity contribution in [1.29, 1.82) is 0 Å². The van der Waals surface area contributed by atoms with Gasteiger partial charge in [0.25, 0.3) is 5.56 Å². The lowest BCUT2D eigenvalue weighted by Gasteiger charge is -2.28. The molecule has 1 saturated heterocycles. The molecule has 2 aromatic rings. The second-order valence-electron chi connectivity index (χ2n) is 7.13. The summed E-state index contributed by atoms with van der Waals surface area (Å²) >= 11 is 0. The Hall–Kier alpha value is -3.31. The number of aliphatic carboxylic acids is 1. The van der Waals surface area contributed by atoms with Gasteiger partial charge in [0.1, 0.15) is 0 Å². The fourth-order valence-corrected chi connectivity index (χ4v) is 3.26. The first-order chi connectivity index (χ1) is 16.0. The van der Waals surface area contributed by atoms with Gasteiger partial charge < -0.3 is 20.1 Å². The van der Waals surface area contributed by atoms with E-state index in [4.69, 9.17) is 19.6 Å². The van der Waals surface area contributed by atoms with E-state index in [-0.39, 0.29) is 11.2 Å². The molecule has 11 nitrogen and oxygen atoms in total. The smallest absolute Gasteiger partial charge is 0.475 e. The predicted octanol–water partition coefficient (Wildman–Crippen LogP) is -0.000600. The highest BCUT2D eigenvalue weighted by atomic mass is 19.4. The summed E-state index contributed by atoms with van der Waals surface area (Å²) in [7, 11) is 1.49. The summed E-state index contributed by atoms with van der Waals surface area (Å²) in [5.41, 5.74) is 0.0684. The Kier molecular flexibility index (Phi) is 9.28. The van der Waals surface area contributed by atoms with Crippen LogP contribution in [-0.2, 0) is 29.7 Å². The van der Waals surface area contributed by atoms with Gasteiger partial charge in [0.05, 0.1) is 19.7 Å². The van der Waals surface area contributed by atoms with Crippen LogP contribution in [0, 0.1) is 11.8 Å². The summed E-state index contributed by atoms with van der Waals surface area (Å²) in [6.45, 7) is 8.57. The minimum Gasteiger partial charge on any atom is -0.475 e. The number of aromatic nitrogens is 4. The SMILES string of the molecule is CC#CCn1c(N2CCNCC2)nc2c1c(=O)n(C)c(=O)n2CCOCC.O=C(O)C(F)(F)F. The highest BCUT2D eigenvalue weighted by Gasteiger charge is 2.38. The number of ether oxygens (including phenoxy) is 1. The van der Waals surface area contributed by atoms with Crippen LogP contribution in [0.25, 0.3) is 11.2 Å². The molecule has 0 aliphatic carbocycles. The molecule has 3 heterocycles. The average Bonchev–Trinajstić information content (AvgIpc) is 3.18. The lowest BCUT2D eigenvalue weighted by atomic mass is 10.4. The van der Waals surface area contributed by atoms with Gasteiger partial charge in [-0.3, -0.25) is 18.5 Å². The topological polar surface area (TPSA) is 124 Å². The lowest BCUT2D eigenvalue weighted by Crippen LogP contribution is -2.44. The summed E-state index contributed by atoms with van der Waals surface area (Å²) in [6.07, 6.45) is -5.08. The maximum Gasteiger partial charge on any atom is 0.490 e. The van der Waals surface area contributed by atoms with E-state index in [1.807, 2.05) is 11.5 Å². The number of hydrogen-bond acceptors (Lipinski definition) is 7. The second kappa shape index (κ2) is 11.7. The van der Waals surface area contributed by atoms with Crippen LogP contribution in [0.4, 0.5) is 19.1 Å². The number of imidazole rings is 1. The van der Waals surface area contributed by atoms with Crippen LogP contribution in [0.2, 0.25) is 0 Å². The molecule has 0 spiro atoms. The third-order valence-corrected chi connectivity index (χ3v) is 4.93. The average molecular weight is 488 g/mol. The maximum atomic E-state index is 12.9. The van der Waals surface area contributed by atoms with Gasteiger partial charge in [0.15, 0.2) is 11.2 Å². The molecule has 2 N–H and O–H groups in total. The molecule has 3 rings (SSSR count). The van der Waals surface area contributed by atoms with E-state index < -0.39 is 12.1 Å². The molecular formula is C20H27F3N6O5. The highest BCUT2D eigenvalue weighted by Crippen LogP contribution is 2.20. The Morgan fingerprint density at radius 2 is 1.85 bits per heavy atom. The standard InChI is InChI=1S/C18H26N6O3.C2HF3O2/c1-4-6-9-23-14-15(20-17(23)22-10-7-19-8-11-22)24(12-13-27-5-2)18(26)21(3)16(14)25;3-2(4,5)1(6)7/h19H,5,7-13H2,1-3H3;(H,6,7). The second-order valence-corrected chi connectivity index (χ2v) is 7.13. The zero-order chi connectivity index (χ0) is 25.5. The molecule has 14 heteroatoms. The third kappa shape index (κ3) is 6.17. The molecule has 1 aliphatic heterocycles. The number of nitrogens with zero attached hydrogens (tertiary/aromatic N) is 5. The van der Waals surface area contributed by atoms with Crippen molar-refractivity contribution in [2.75, 3.05) is 44.3 Å². The first-order valence-electron chi connectivity index (χ1n) is 10.5. The largest absolute Gasteiger partial charge is 0.490 e. The van der Waals surface area contributed by atoms with Crippen molar-refractivity contribution in [3.63, 3.8) is 0 Å². The van der Waals surface area contributed by atoms with Gasteiger partial charge in [0.2, 0.25) is 5.95 Å². The molecule has 0 atom stereocenters. The first kappa shape index (κ1) is 26.9. The maximum absolute atomic E-state index is 12.9. The van der Waals surface area contributed by atoms with Crippen molar-refractivity contribution in [2.45, 2.75) is 33.1 Å². The van der Waals surface area contributed by atoms with Crippen molar-refractivity contribution in [2.24, 2.45) is 7.05 Å². The molecule has 2 aromatic heterocycles. The molecular weight excluding hydrogens is 461 g/mol. The molecule has 0 aromatic carbocycles. The van der Waals surface area contributed by atoms with Crippen LogP contribution in [0.3, 0.4) is 0 Å². The minimum atomic E-state index is -5.08. The molecule has 0 bridgehead atoms. The Labute approximate surface area is 192 Å². The predicted molar refractivity (Wildman–Crippen MR) is 118 cm³/mol. The van der Waals surface area contributed by atoms with E-state index in [0.717, 1.165) is 30.7 Å². The first-order valence-corrected chi connectivity index (χ1v) is 10.5. The molecule has 0 saturated carbocycles. The van der Waals surface area contributed by atoms with Crippen molar-refractivity contribution < 1.29 is 27.8 Å². The molecule has 1 aliphatic rings. The van der Waals surface area contributed by atoms with Crippen LogP contribution in [-0.4, -0.2) is 75.3 Å². The fraction of sp³-hybridized carbons (Fsp3) is 0.600. The fourth-order valence-electron chi connectivity index (χ4n) is 3.26. The number of carboxylic acids is 1. The monoisotopic (exact) mass is 488 g/mol. The number of rotatable bonds is 6.